The minimum Gasteiger partial charge on any atom is -0.341 e. The fraction of sp³-hybridized carbons (Fsp3) is 0.600. The summed E-state index contributed by atoms with van der Waals surface area (Å²) >= 11 is 1.62. The zero-order valence-corrected chi connectivity index (χ0v) is 12.8. The van der Waals surface area contributed by atoms with Gasteiger partial charge in [0.1, 0.15) is 0 Å². The molecule has 0 unspecified atom stereocenters. The fourth-order valence-electron chi connectivity index (χ4n) is 2.46. The summed E-state index contributed by atoms with van der Waals surface area (Å²) in [5.41, 5.74) is 0. The quantitative estimate of drug-likeness (QED) is 0.854. The monoisotopic (exact) mass is 294 g/mol. The summed E-state index contributed by atoms with van der Waals surface area (Å²) in [7, 11) is 0. The van der Waals surface area contributed by atoms with Crippen molar-refractivity contribution in [2.75, 3.05) is 26.2 Å². The van der Waals surface area contributed by atoms with E-state index in [2.05, 4.69) is 0 Å². The second-order valence-corrected chi connectivity index (χ2v) is 6.15. The van der Waals surface area contributed by atoms with Crippen molar-refractivity contribution >= 4 is 23.2 Å². The van der Waals surface area contributed by atoms with Crippen LogP contribution in [0.3, 0.4) is 0 Å². The van der Waals surface area contributed by atoms with Crippen molar-refractivity contribution in [2.45, 2.75) is 32.6 Å². The van der Waals surface area contributed by atoms with E-state index < -0.39 is 0 Å². The largest absolute Gasteiger partial charge is 0.341 e. The van der Waals surface area contributed by atoms with Crippen molar-refractivity contribution in [3.8, 4) is 0 Å². The van der Waals surface area contributed by atoms with Gasteiger partial charge in [-0.3, -0.25) is 9.59 Å². The van der Waals surface area contributed by atoms with Crippen LogP contribution in [0, 0.1) is 0 Å². The molecule has 1 aliphatic heterocycles. The Morgan fingerprint density at radius 1 is 1.15 bits per heavy atom. The number of amides is 2. The highest BCUT2D eigenvalue weighted by Crippen LogP contribution is 2.12. The van der Waals surface area contributed by atoms with E-state index >= 15 is 0 Å². The highest BCUT2D eigenvalue weighted by Gasteiger charge is 2.21. The number of carbonyl (C=O) groups is 2. The first-order chi connectivity index (χ1) is 9.70. The molecule has 1 saturated heterocycles. The molecular formula is C15H22N2O2S. The van der Waals surface area contributed by atoms with Gasteiger partial charge < -0.3 is 9.80 Å². The standard InChI is InChI=1S/C15H22N2O2S/c1-2-5-14(18)16-7-4-8-17(10-9-16)15(19)12-13-6-3-11-20-13/h3,6,11H,2,4-5,7-10,12H2,1H3. The molecule has 5 heteroatoms. The van der Waals surface area contributed by atoms with Gasteiger partial charge in [0.05, 0.1) is 6.42 Å². The Morgan fingerprint density at radius 2 is 1.85 bits per heavy atom. The highest BCUT2D eigenvalue weighted by molar-refractivity contribution is 7.10. The lowest BCUT2D eigenvalue weighted by Crippen LogP contribution is -2.37. The second kappa shape index (κ2) is 7.43. The number of hydrogen-bond donors (Lipinski definition) is 0. The first kappa shape index (κ1) is 15.0. The molecule has 1 aliphatic rings. The lowest BCUT2D eigenvalue weighted by molar-refractivity contribution is -0.133. The average Bonchev–Trinajstić information content (AvgIpc) is 2.80. The first-order valence-corrected chi connectivity index (χ1v) is 8.16. The van der Waals surface area contributed by atoms with Gasteiger partial charge in [0.2, 0.25) is 11.8 Å². The predicted molar refractivity (Wildman–Crippen MR) is 80.7 cm³/mol. The molecule has 4 nitrogen and oxygen atoms in total. The van der Waals surface area contributed by atoms with Gasteiger partial charge in [-0.25, -0.2) is 0 Å². The van der Waals surface area contributed by atoms with E-state index in [0.717, 1.165) is 30.8 Å². The molecule has 1 aromatic heterocycles. The van der Waals surface area contributed by atoms with Crippen LogP contribution >= 0.6 is 11.3 Å². The zero-order chi connectivity index (χ0) is 14.4. The maximum absolute atomic E-state index is 12.2. The number of hydrogen-bond acceptors (Lipinski definition) is 3. The molecule has 0 radical (unpaired) electrons. The summed E-state index contributed by atoms with van der Waals surface area (Å²) in [6, 6.07) is 3.97. The van der Waals surface area contributed by atoms with Gasteiger partial charge in [0.15, 0.2) is 0 Å². The Hall–Kier alpha value is -1.36. The molecule has 20 heavy (non-hydrogen) atoms. The summed E-state index contributed by atoms with van der Waals surface area (Å²) < 4.78 is 0. The third-order valence-corrected chi connectivity index (χ3v) is 4.45. The van der Waals surface area contributed by atoms with E-state index in [4.69, 9.17) is 0 Å². The number of thiophene rings is 1. The molecule has 2 heterocycles. The van der Waals surface area contributed by atoms with Crippen LogP contribution < -0.4 is 0 Å². The molecule has 0 N–H and O–H groups in total. The average molecular weight is 294 g/mol. The Labute approximate surface area is 124 Å². The van der Waals surface area contributed by atoms with Crippen LogP contribution in [0.5, 0.6) is 0 Å². The van der Waals surface area contributed by atoms with Crippen molar-refractivity contribution in [1.82, 2.24) is 9.80 Å². The van der Waals surface area contributed by atoms with Gasteiger partial charge >= 0.3 is 0 Å². The predicted octanol–water partition coefficient (Wildman–Crippen LogP) is 2.15. The minimum atomic E-state index is 0.178. The molecule has 2 rings (SSSR count). The van der Waals surface area contributed by atoms with Crippen molar-refractivity contribution in [3.63, 3.8) is 0 Å². The minimum absolute atomic E-state index is 0.178. The van der Waals surface area contributed by atoms with E-state index in [1.165, 1.54) is 0 Å². The molecule has 0 aromatic carbocycles. The van der Waals surface area contributed by atoms with Crippen LogP contribution in [-0.2, 0) is 16.0 Å². The van der Waals surface area contributed by atoms with Crippen LogP contribution in [-0.4, -0.2) is 47.8 Å². The topological polar surface area (TPSA) is 40.6 Å². The van der Waals surface area contributed by atoms with E-state index in [1.807, 2.05) is 34.2 Å². The van der Waals surface area contributed by atoms with Crippen LogP contribution in [0.15, 0.2) is 17.5 Å². The SMILES string of the molecule is CCCC(=O)N1CCCN(C(=O)Cc2cccs2)CC1. The number of nitrogens with zero attached hydrogens (tertiary/aromatic N) is 2. The fourth-order valence-corrected chi connectivity index (χ4v) is 3.16. The molecule has 0 saturated carbocycles. The van der Waals surface area contributed by atoms with Gasteiger partial charge in [0, 0.05) is 37.5 Å². The maximum Gasteiger partial charge on any atom is 0.227 e. The summed E-state index contributed by atoms with van der Waals surface area (Å²) in [5.74, 6) is 0.400. The van der Waals surface area contributed by atoms with Gasteiger partial charge in [-0.1, -0.05) is 13.0 Å². The van der Waals surface area contributed by atoms with Gasteiger partial charge in [-0.15, -0.1) is 11.3 Å². The molecule has 2 amide bonds. The van der Waals surface area contributed by atoms with Crippen molar-refractivity contribution in [3.05, 3.63) is 22.4 Å². The summed E-state index contributed by atoms with van der Waals surface area (Å²) in [5, 5.41) is 2.00. The van der Waals surface area contributed by atoms with Crippen molar-refractivity contribution in [2.24, 2.45) is 0 Å². The summed E-state index contributed by atoms with van der Waals surface area (Å²) in [6.07, 6.45) is 2.87. The third kappa shape index (κ3) is 4.07. The van der Waals surface area contributed by atoms with Crippen LogP contribution in [0.4, 0.5) is 0 Å². The number of rotatable bonds is 4. The molecule has 1 fully saturated rings. The van der Waals surface area contributed by atoms with Crippen LogP contribution in [0.2, 0.25) is 0 Å². The van der Waals surface area contributed by atoms with Gasteiger partial charge in [0.25, 0.3) is 0 Å². The Balaban J connectivity index is 1.85. The smallest absolute Gasteiger partial charge is 0.227 e. The van der Waals surface area contributed by atoms with Gasteiger partial charge in [-0.05, 0) is 24.3 Å². The van der Waals surface area contributed by atoms with E-state index in [9.17, 15) is 9.59 Å². The van der Waals surface area contributed by atoms with E-state index in [-0.39, 0.29) is 11.8 Å². The Kier molecular flexibility index (Phi) is 5.59. The second-order valence-electron chi connectivity index (χ2n) is 5.12. The lowest BCUT2D eigenvalue weighted by Gasteiger charge is -2.22. The molecule has 0 atom stereocenters. The van der Waals surface area contributed by atoms with Crippen molar-refractivity contribution in [1.29, 1.82) is 0 Å². The van der Waals surface area contributed by atoms with Gasteiger partial charge in [-0.2, -0.15) is 0 Å². The zero-order valence-electron chi connectivity index (χ0n) is 12.0. The normalized spacial score (nSPS) is 16.1. The Bertz CT molecular complexity index is 445. The molecule has 1 aromatic rings. The summed E-state index contributed by atoms with van der Waals surface area (Å²) in [6.45, 7) is 4.91. The Morgan fingerprint density at radius 3 is 2.45 bits per heavy atom. The lowest BCUT2D eigenvalue weighted by atomic mass is 10.3. The highest BCUT2D eigenvalue weighted by atomic mass is 32.1. The van der Waals surface area contributed by atoms with Crippen LogP contribution in [0.25, 0.3) is 0 Å². The maximum atomic E-state index is 12.2. The molecule has 0 bridgehead atoms. The molecular weight excluding hydrogens is 272 g/mol. The molecule has 0 spiro atoms. The van der Waals surface area contributed by atoms with Crippen LogP contribution in [0.1, 0.15) is 31.1 Å². The molecule has 0 aliphatic carbocycles. The van der Waals surface area contributed by atoms with E-state index in [0.29, 0.717) is 25.9 Å². The third-order valence-electron chi connectivity index (χ3n) is 3.57. The van der Waals surface area contributed by atoms with E-state index in [1.54, 1.807) is 11.3 Å². The molecule has 110 valence electrons. The van der Waals surface area contributed by atoms with Crippen molar-refractivity contribution < 1.29 is 9.59 Å². The summed E-state index contributed by atoms with van der Waals surface area (Å²) in [4.78, 5) is 29.1. The first-order valence-electron chi connectivity index (χ1n) is 7.28. The number of carbonyl (C=O) groups excluding carboxylic acids is 2.